The van der Waals surface area contributed by atoms with E-state index in [1.165, 1.54) is 6.07 Å². The molecule has 0 aliphatic carbocycles. The molecule has 2 atom stereocenters. The minimum Gasteiger partial charge on any atom is -0.304 e. The Balaban J connectivity index is 2.17. The van der Waals surface area contributed by atoms with E-state index < -0.39 is 0 Å². The van der Waals surface area contributed by atoms with Crippen LogP contribution in [0.5, 0.6) is 0 Å². The zero-order chi connectivity index (χ0) is 18.1. The van der Waals surface area contributed by atoms with Gasteiger partial charge in [0.1, 0.15) is 0 Å². The Morgan fingerprint density at radius 3 is 2.46 bits per heavy atom. The third-order valence-corrected chi connectivity index (χ3v) is 4.17. The van der Waals surface area contributed by atoms with Crippen LogP contribution in [0.2, 0.25) is 0 Å². The van der Waals surface area contributed by atoms with Crippen LogP contribution >= 0.6 is 0 Å². The molecule has 0 spiro atoms. The van der Waals surface area contributed by atoms with E-state index in [4.69, 9.17) is 0 Å². The van der Waals surface area contributed by atoms with Crippen LogP contribution in [0.25, 0.3) is 0 Å². The number of aryl methyl sites for hydroxylation is 1. The second kappa shape index (κ2) is 6.73. The Morgan fingerprint density at radius 1 is 1.25 bits per heavy atom. The molecule has 0 radical (unpaired) electrons. The molecule has 0 bridgehead atoms. The molecule has 24 heavy (non-hydrogen) atoms. The number of aromatic nitrogens is 2. The summed E-state index contributed by atoms with van der Waals surface area (Å²) in [5.41, 5.74) is 3.09. The average molecular weight is 330 g/mol. The highest BCUT2D eigenvalue weighted by molar-refractivity contribution is 5.35. The first kappa shape index (κ1) is 18.1. The van der Waals surface area contributed by atoms with Gasteiger partial charge in [0.2, 0.25) is 0 Å². The molecule has 1 N–H and O–H groups in total. The second-order valence-corrected chi connectivity index (χ2v) is 7.25. The highest BCUT2D eigenvalue weighted by atomic mass is 16.6. The largest absolute Gasteiger partial charge is 0.304 e. The van der Waals surface area contributed by atoms with E-state index in [2.05, 4.69) is 44.3 Å². The van der Waals surface area contributed by atoms with Gasteiger partial charge in [-0.2, -0.15) is 5.10 Å². The van der Waals surface area contributed by atoms with Crippen LogP contribution in [-0.2, 0) is 5.54 Å². The van der Waals surface area contributed by atoms with Crippen LogP contribution in [-0.4, -0.2) is 14.7 Å². The SMILES string of the molecule is Cc1nn(C(C)(C)C)cc1[C@@H](C)N[C@@H](C)c1cccc([N+](=O)[O-])c1. The van der Waals surface area contributed by atoms with E-state index in [1.54, 1.807) is 12.1 Å². The molecular formula is C18H26N4O2. The van der Waals surface area contributed by atoms with Crippen molar-refractivity contribution in [1.29, 1.82) is 0 Å². The summed E-state index contributed by atoms with van der Waals surface area (Å²) in [6, 6.07) is 6.85. The molecule has 0 amide bonds. The summed E-state index contributed by atoms with van der Waals surface area (Å²) in [5.74, 6) is 0. The van der Waals surface area contributed by atoms with Crippen LogP contribution in [0, 0.1) is 17.0 Å². The molecule has 6 nitrogen and oxygen atoms in total. The quantitative estimate of drug-likeness (QED) is 0.656. The zero-order valence-corrected chi connectivity index (χ0v) is 15.2. The number of hydrogen-bond acceptors (Lipinski definition) is 4. The van der Waals surface area contributed by atoms with Gasteiger partial charge in [0, 0.05) is 36.0 Å². The van der Waals surface area contributed by atoms with E-state index in [-0.39, 0.29) is 28.2 Å². The molecule has 6 heteroatoms. The van der Waals surface area contributed by atoms with Crippen LogP contribution in [0.3, 0.4) is 0 Å². The van der Waals surface area contributed by atoms with Gasteiger partial charge in [-0.1, -0.05) is 12.1 Å². The van der Waals surface area contributed by atoms with Crippen LogP contribution in [0.15, 0.2) is 30.5 Å². The first-order valence-corrected chi connectivity index (χ1v) is 8.16. The maximum Gasteiger partial charge on any atom is 0.269 e. The molecule has 0 fully saturated rings. The van der Waals surface area contributed by atoms with E-state index in [9.17, 15) is 10.1 Å². The van der Waals surface area contributed by atoms with Crippen molar-refractivity contribution in [3.05, 3.63) is 57.4 Å². The molecule has 0 aliphatic heterocycles. The Bertz CT molecular complexity index is 731. The molecule has 0 saturated carbocycles. The fourth-order valence-electron chi connectivity index (χ4n) is 2.71. The van der Waals surface area contributed by atoms with Gasteiger partial charge in [-0.05, 0) is 47.1 Å². The van der Waals surface area contributed by atoms with Crippen molar-refractivity contribution in [3.63, 3.8) is 0 Å². The molecule has 1 aromatic carbocycles. The normalized spacial score (nSPS) is 14.4. The van der Waals surface area contributed by atoms with Crippen molar-refractivity contribution in [1.82, 2.24) is 15.1 Å². The van der Waals surface area contributed by atoms with Crippen molar-refractivity contribution in [3.8, 4) is 0 Å². The zero-order valence-electron chi connectivity index (χ0n) is 15.2. The lowest BCUT2D eigenvalue weighted by atomic mass is 10.0. The monoisotopic (exact) mass is 330 g/mol. The van der Waals surface area contributed by atoms with Crippen molar-refractivity contribution in [2.75, 3.05) is 0 Å². The predicted molar refractivity (Wildman–Crippen MR) is 95.0 cm³/mol. The average Bonchev–Trinajstić information content (AvgIpc) is 2.89. The number of hydrogen-bond donors (Lipinski definition) is 1. The maximum atomic E-state index is 10.9. The van der Waals surface area contributed by atoms with Crippen molar-refractivity contribution < 1.29 is 4.92 Å². The van der Waals surface area contributed by atoms with Gasteiger partial charge in [-0.15, -0.1) is 0 Å². The summed E-state index contributed by atoms with van der Waals surface area (Å²) in [5, 5.41) is 19.1. The van der Waals surface area contributed by atoms with Gasteiger partial charge in [0.25, 0.3) is 5.69 Å². The molecule has 2 aromatic rings. The van der Waals surface area contributed by atoms with Crippen LogP contribution in [0.4, 0.5) is 5.69 Å². The third kappa shape index (κ3) is 4.00. The van der Waals surface area contributed by atoms with Gasteiger partial charge in [0.05, 0.1) is 16.2 Å². The lowest BCUT2D eigenvalue weighted by Crippen LogP contribution is -2.23. The summed E-state index contributed by atoms with van der Waals surface area (Å²) in [4.78, 5) is 10.6. The van der Waals surface area contributed by atoms with Gasteiger partial charge < -0.3 is 5.32 Å². The second-order valence-electron chi connectivity index (χ2n) is 7.25. The number of rotatable bonds is 5. The fourth-order valence-corrected chi connectivity index (χ4v) is 2.71. The third-order valence-electron chi connectivity index (χ3n) is 4.17. The molecule has 1 heterocycles. The Morgan fingerprint density at radius 2 is 1.92 bits per heavy atom. The predicted octanol–water partition coefficient (Wildman–Crippen LogP) is 4.27. The molecular weight excluding hydrogens is 304 g/mol. The number of nitro groups is 1. The number of non-ortho nitro benzene ring substituents is 1. The highest BCUT2D eigenvalue weighted by Crippen LogP contribution is 2.25. The van der Waals surface area contributed by atoms with E-state index in [0.29, 0.717) is 0 Å². The van der Waals surface area contributed by atoms with Gasteiger partial charge >= 0.3 is 0 Å². The number of nitrogens with one attached hydrogen (secondary N) is 1. The molecule has 2 rings (SSSR count). The summed E-state index contributed by atoms with van der Waals surface area (Å²) >= 11 is 0. The first-order chi connectivity index (χ1) is 11.1. The lowest BCUT2D eigenvalue weighted by Gasteiger charge is -2.21. The fraction of sp³-hybridized carbons (Fsp3) is 0.500. The molecule has 0 unspecified atom stereocenters. The number of nitro benzene ring substituents is 1. The van der Waals surface area contributed by atoms with E-state index in [1.807, 2.05) is 24.6 Å². The van der Waals surface area contributed by atoms with Gasteiger partial charge in [-0.25, -0.2) is 0 Å². The topological polar surface area (TPSA) is 73.0 Å². The minimum absolute atomic E-state index is 0.00251. The standard InChI is InChI=1S/C18H26N4O2/c1-12(15-8-7-9-16(10-15)22(23)24)19-13(2)17-11-21(18(4,5)6)20-14(17)3/h7-13,19H,1-6H3/t12-,13+/m0/s1. The Labute approximate surface area is 143 Å². The van der Waals surface area contributed by atoms with Crippen molar-refractivity contribution in [2.45, 2.75) is 59.2 Å². The first-order valence-electron chi connectivity index (χ1n) is 8.16. The van der Waals surface area contributed by atoms with Crippen LogP contribution < -0.4 is 5.32 Å². The Hall–Kier alpha value is -2.21. The highest BCUT2D eigenvalue weighted by Gasteiger charge is 2.20. The summed E-state index contributed by atoms with van der Waals surface area (Å²) < 4.78 is 1.98. The minimum atomic E-state index is -0.364. The Kier molecular flexibility index (Phi) is 5.08. The van der Waals surface area contributed by atoms with Gasteiger partial charge in [-0.3, -0.25) is 14.8 Å². The van der Waals surface area contributed by atoms with Crippen molar-refractivity contribution in [2.24, 2.45) is 0 Å². The smallest absolute Gasteiger partial charge is 0.269 e. The van der Waals surface area contributed by atoms with Crippen molar-refractivity contribution >= 4 is 5.69 Å². The summed E-state index contributed by atoms with van der Waals surface area (Å²) in [6.07, 6.45) is 2.08. The molecule has 130 valence electrons. The lowest BCUT2D eigenvalue weighted by molar-refractivity contribution is -0.384. The molecule has 0 saturated heterocycles. The number of benzene rings is 1. The van der Waals surface area contributed by atoms with E-state index >= 15 is 0 Å². The van der Waals surface area contributed by atoms with Gasteiger partial charge in [0.15, 0.2) is 0 Å². The molecule has 1 aromatic heterocycles. The number of nitrogens with zero attached hydrogens (tertiary/aromatic N) is 3. The summed E-state index contributed by atoms with van der Waals surface area (Å²) in [7, 11) is 0. The van der Waals surface area contributed by atoms with E-state index in [0.717, 1.165) is 16.8 Å². The summed E-state index contributed by atoms with van der Waals surface area (Å²) in [6.45, 7) is 12.5. The maximum absolute atomic E-state index is 10.9. The molecule has 0 aliphatic rings. The van der Waals surface area contributed by atoms with Crippen LogP contribution in [0.1, 0.15) is 63.5 Å².